The molecule has 1 N–H and O–H groups in total. The molecule has 0 amide bonds. The lowest BCUT2D eigenvalue weighted by molar-refractivity contribution is 0.0395. The second-order valence-corrected chi connectivity index (χ2v) is 4.41. The molecule has 0 spiro atoms. The van der Waals surface area contributed by atoms with Gasteiger partial charge < -0.3 is 14.8 Å². The summed E-state index contributed by atoms with van der Waals surface area (Å²) in [7, 11) is 0. The van der Waals surface area contributed by atoms with Crippen molar-refractivity contribution in [1.82, 2.24) is 9.97 Å². The highest BCUT2D eigenvalue weighted by atomic mass is 16.5. The van der Waals surface area contributed by atoms with Gasteiger partial charge in [-0.3, -0.25) is 0 Å². The molecule has 0 aromatic carbocycles. The molecule has 17 heavy (non-hydrogen) atoms. The fraction of sp³-hybridized carbons (Fsp3) is 0.667. The number of anilines is 1. The minimum absolute atomic E-state index is 0.227. The maximum absolute atomic E-state index is 5.74. The predicted molar refractivity (Wildman–Crippen MR) is 65.0 cm³/mol. The summed E-state index contributed by atoms with van der Waals surface area (Å²) in [6.07, 6.45) is 2.82. The minimum Gasteiger partial charge on any atom is -0.379 e. The van der Waals surface area contributed by atoms with Crippen LogP contribution in [0.5, 0.6) is 0 Å². The maximum atomic E-state index is 5.74. The molecule has 0 bridgehead atoms. The number of hydrogen-bond donors (Lipinski definition) is 1. The predicted octanol–water partition coefficient (Wildman–Crippen LogP) is 1.39. The van der Waals surface area contributed by atoms with Gasteiger partial charge in [0.2, 0.25) is 0 Å². The Morgan fingerprint density at radius 3 is 3.18 bits per heavy atom. The van der Waals surface area contributed by atoms with Crippen LogP contribution in [0.3, 0.4) is 0 Å². The lowest BCUT2D eigenvalue weighted by Gasteiger charge is -2.17. The summed E-state index contributed by atoms with van der Waals surface area (Å²) in [6, 6.07) is 2.15. The van der Waals surface area contributed by atoms with Gasteiger partial charge in [-0.1, -0.05) is 0 Å². The number of aryl methyl sites for hydroxylation is 1. The van der Waals surface area contributed by atoms with Crippen molar-refractivity contribution >= 4 is 5.82 Å². The molecule has 0 aliphatic carbocycles. The van der Waals surface area contributed by atoms with Crippen molar-refractivity contribution < 1.29 is 9.47 Å². The van der Waals surface area contributed by atoms with Gasteiger partial charge in [-0.15, -0.1) is 0 Å². The highest BCUT2D eigenvalue weighted by Crippen LogP contribution is 2.10. The lowest BCUT2D eigenvalue weighted by Crippen LogP contribution is -2.26. The van der Waals surface area contributed by atoms with E-state index in [0.29, 0.717) is 6.61 Å². The average molecular weight is 237 g/mol. The molecular weight excluding hydrogens is 218 g/mol. The first-order chi connectivity index (χ1) is 8.24. The van der Waals surface area contributed by atoms with E-state index >= 15 is 0 Å². The van der Waals surface area contributed by atoms with Gasteiger partial charge in [0.05, 0.1) is 19.3 Å². The molecule has 0 saturated carbocycles. The largest absolute Gasteiger partial charge is 0.379 e. The van der Waals surface area contributed by atoms with Gasteiger partial charge in [-0.25, -0.2) is 9.97 Å². The zero-order chi connectivity index (χ0) is 12.1. The van der Waals surface area contributed by atoms with Crippen LogP contribution in [0.25, 0.3) is 0 Å². The van der Waals surface area contributed by atoms with Gasteiger partial charge >= 0.3 is 0 Å². The number of hydrogen-bond acceptors (Lipinski definition) is 5. The number of ether oxygens (including phenoxy) is 2. The molecule has 2 unspecified atom stereocenters. The van der Waals surface area contributed by atoms with E-state index in [-0.39, 0.29) is 12.1 Å². The van der Waals surface area contributed by atoms with Crippen LogP contribution < -0.4 is 5.32 Å². The normalized spacial score (nSPS) is 21.4. The Morgan fingerprint density at radius 2 is 2.47 bits per heavy atom. The molecule has 2 rings (SSSR count). The van der Waals surface area contributed by atoms with Crippen LogP contribution in [0.2, 0.25) is 0 Å². The van der Waals surface area contributed by atoms with Crippen LogP contribution >= 0.6 is 0 Å². The number of nitrogens with zero attached hydrogens (tertiary/aromatic N) is 2. The summed E-state index contributed by atoms with van der Waals surface area (Å²) in [5, 5.41) is 3.29. The molecule has 1 aromatic heterocycles. The van der Waals surface area contributed by atoms with Crippen LogP contribution in [0, 0.1) is 6.92 Å². The van der Waals surface area contributed by atoms with Gasteiger partial charge in [-0.05, 0) is 20.3 Å². The molecule has 5 nitrogen and oxygen atoms in total. The van der Waals surface area contributed by atoms with Crippen molar-refractivity contribution in [2.75, 3.05) is 25.1 Å². The van der Waals surface area contributed by atoms with Gasteiger partial charge in [-0.2, -0.15) is 0 Å². The van der Waals surface area contributed by atoms with Crippen molar-refractivity contribution in [2.45, 2.75) is 32.4 Å². The molecule has 1 saturated heterocycles. The smallest absolute Gasteiger partial charge is 0.129 e. The van der Waals surface area contributed by atoms with Crippen LogP contribution in [0.15, 0.2) is 12.4 Å². The van der Waals surface area contributed by atoms with Crippen molar-refractivity contribution in [2.24, 2.45) is 0 Å². The van der Waals surface area contributed by atoms with E-state index in [9.17, 15) is 0 Å². The third-order valence-corrected chi connectivity index (χ3v) is 2.67. The molecule has 1 aliphatic rings. The summed E-state index contributed by atoms with van der Waals surface area (Å²) in [4.78, 5) is 8.21. The Bertz CT molecular complexity index is 353. The summed E-state index contributed by atoms with van der Waals surface area (Å²) in [5.74, 6) is 0.844. The lowest BCUT2D eigenvalue weighted by atomic mass is 10.3. The topological polar surface area (TPSA) is 56.3 Å². The summed E-state index contributed by atoms with van der Waals surface area (Å²) >= 11 is 0. The fourth-order valence-corrected chi connectivity index (χ4v) is 1.75. The zero-order valence-electron chi connectivity index (χ0n) is 10.3. The third-order valence-electron chi connectivity index (χ3n) is 2.67. The van der Waals surface area contributed by atoms with Crippen LogP contribution in [0.1, 0.15) is 19.0 Å². The first kappa shape index (κ1) is 12.3. The van der Waals surface area contributed by atoms with Crippen molar-refractivity contribution in [3.8, 4) is 0 Å². The van der Waals surface area contributed by atoms with E-state index in [4.69, 9.17) is 9.47 Å². The first-order valence-corrected chi connectivity index (χ1v) is 5.98. The van der Waals surface area contributed by atoms with Crippen molar-refractivity contribution in [3.05, 3.63) is 18.1 Å². The highest BCUT2D eigenvalue weighted by Gasteiger charge is 2.16. The molecule has 1 fully saturated rings. The summed E-state index contributed by atoms with van der Waals surface area (Å²) in [6.45, 7) is 6.23. The Kier molecular flexibility index (Phi) is 4.28. The quantitative estimate of drug-likeness (QED) is 0.838. The van der Waals surface area contributed by atoms with E-state index in [1.54, 1.807) is 6.33 Å². The number of aromatic nitrogens is 2. The molecule has 2 heterocycles. The van der Waals surface area contributed by atoms with Crippen molar-refractivity contribution in [3.63, 3.8) is 0 Å². The van der Waals surface area contributed by atoms with Crippen LogP contribution in [-0.4, -0.2) is 41.9 Å². The number of nitrogens with one attached hydrogen (secondary N) is 1. The Balaban J connectivity index is 1.74. The van der Waals surface area contributed by atoms with E-state index in [2.05, 4.69) is 22.2 Å². The van der Waals surface area contributed by atoms with E-state index in [0.717, 1.165) is 31.1 Å². The van der Waals surface area contributed by atoms with Crippen molar-refractivity contribution in [1.29, 1.82) is 0 Å². The van der Waals surface area contributed by atoms with Crippen LogP contribution in [0.4, 0.5) is 5.82 Å². The van der Waals surface area contributed by atoms with E-state index in [1.165, 1.54) is 0 Å². The van der Waals surface area contributed by atoms with Gasteiger partial charge in [0.25, 0.3) is 0 Å². The molecule has 94 valence electrons. The molecule has 1 aromatic rings. The Hall–Kier alpha value is -1.20. The standard InChI is InChI=1S/C12H19N3O2/c1-9-5-12(14-8-13-9)15-10(2)6-17-11-3-4-16-7-11/h5,8,10-11H,3-4,6-7H2,1-2H3,(H,13,14,15). The Morgan fingerprint density at radius 1 is 1.59 bits per heavy atom. The maximum Gasteiger partial charge on any atom is 0.129 e. The van der Waals surface area contributed by atoms with E-state index < -0.39 is 0 Å². The zero-order valence-corrected chi connectivity index (χ0v) is 10.3. The second kappa shape index (κ2) is 5.93. The SMILES string of the molecule is Cc1cc(NC(C)COC2CCOC2)ncn1. The van der Waals surface area contributed by atoms with Gasteiger partial charge in [0.15, 0.2) is 0 Å². The van der Waals surface area contributed by atoms with Crippen LogP contribution in [-0.2, 0) is 9.47 Å². The fourth-order valence-electron chi connectivity index (χ4n) is 1.75. The van der Waals surface area contributed by atoms with Gasteiger partial charge in [0, 0.05) is 24.4 Å². The summed E-state index contributed by atoms with van der Waals surface area (Å²) in [5.41, 5.74) is 0.958. The summed E-state index contributed by atoms with van der Waals surface area (Å²) < 4.78 is 11.0. The minimum atomic E-state index is 0.227. The molecular formula is C12H19N3O2. The first-order valence-electron chi connectivity index (χ1n) is 5.98. The monoisotopic (exact) mass is 237 g/mol. The highest BCUT2D eigenvalue weighted by molar-refractivity contribution is 5.35. The van der Waals surface area contributed by atoms with E-state index in [1.807, 2.05) is 13.0 Å². The second-order valence-electron chi connectivity index (χ2n) is 4.41. The third kappa shape index (κ3) is 3.94. The molecule has 5 heteroatoms. The van der Waals surface area contributed by atoms with Gasteiger partial charge in [0.1, 0.15) is 12.1 Å². The molecule has 2 atom stereocenters. The average Bonchev–Trinajstić information content (AvgIpc) is 2.79. The number of rotatable bonds is 5. The Labute approximate surface area is 102 Å². The molecule has 0 radical (unpaired) electrons. The molecule has 1 aliphatic heterocycles.